The number of rotatable bonds is 1. The Hall–Kier alpha value is -1.95. The molecule has 6 heteroatoms. The highest BCUT2D eigenvalue weighted by atomic mass is 32.1. The minimum Gasteiger partial charge on any atom is -0.368 e. The summed E-state index contributed by atoms with van der Waals surface area (Å²) in [6, 6.07) is 1.83. The molecule has 2 aromatic heterocycles. The van der Waals surface area contributed by atoms with Crippen molar-refractivity contribution in [1.82, 2.24) is 14.9 Å². The topological polar surface area (TPSA) is 72.1 Å². The number of thiophene rings is 1. The van der Waals surface area contributed by atoms with Crippen molar-refractivity contribution in [3.05, 3.63) is 39.8 Å². The summed E-state index contributed by atoms with van der Waals surface area (Å²) >= 11 is 1.52. The van der Waals surface area contributed by atoms with Crippen LogP contribution >= 0.6 is 11.3 Å². The van der Waals surface area contributed by atoms with E-state index in [4.69, 9.17) is 5.73 Å². The molecule has 1 aliphatic rings. The van der Waals surface area contributed by atoms with Gasteiger partial charge in [0.05, 0.1) is 17.8 Å². The van der Waals surface area contributed by atoms with Crippen LogP contribution in [0.25, 0.3) is 0 Å². The van der Waals surface area contributed by atoms with Crippen LogP contribution in [0.2, 0.25) is 0 Å². The Morgan fingerprint density at radius 1 is 1.47 bits per heavy atom. The molecule has 2 aromatic rings. The smallest absolute Gasteiger partial charge is 0.255 e. The largest absolute Gasteiger partial charge is 0.368 e. The zero-order valence-corrected chi connectivity index (χ0v) is 9.78. The minimum atomic E-state index is 0.0304. The molecule has 0 atom stereocenters. The number of aromatic nitrogens is 2. The maximum Gasteiger partial charge on any atom is 0.255 e. The molecule has 17 heavy (non-hydrogen) atoms. The van der Waals surface area contributed by atoms with Crippen LogP contribution in [-0.2, 0) is 13.1 Å². The van der Waals surface area contributed by atoms with Crippen LogP contribution in [-0.4, -0.2) is 20.8 Å². The van der Waals surface area contributed by atoms with Crippen molar-refractivity contribution in [2.75, 3.05) is 5.73 Å². The highest BCUT2D eigenvalue weighted by Gasteiger charge is 2.25. The molecule has 3 heterocycles. The minimum absolute atomic E-state index is 0.0304. The van der Waals surface area contributed by atoms with Gasteiger partial charge in [0.15, 0.2) is 0 Å². The Labute approximate surface area is 102 Å². The monoisotopic (exact) mass is 246 g/mol. The number of hydrogen-bond acceptors (Lipinski definition) is 5. The standard InChI is InChI=1S/C11H10N4OS/c12-11-13-3-8-4-15(5-9(8)14-11)10(16)7-1-2-17-6-7/h1-3,6H,4-5H2,(H2,12,13,14). The Morgan fingerprint density at radius 2 is 2.35 bits per heavy atom. The van der Waals surface area contributed by atoms with Crippen LogP contribution in [0.3, 0.4) is 0 Å². The molecular formula is C11H10N4OS. The molecule has 0 saturated carbocycles. The number of anilines is 1. The van der Waals surface area contributed by atoms with Gasteiger partial charge in [0.2, 0.25) is 5.95 Å². The van der Waals surface area contributed by atoms with Gasteiger partial charge in [-0.1, -0.05) is 0 Å². The van der Waals surface area contributed by atoms with E-state index in [1.54, 1.807) is 11.1 Å². The number of nitrogens with two attached hydrogens (primary N) is 1. The Kier molecular flexibility index (Phi) is 2.29. The van der Waals surface area contributed by atoms with Crippen molar-refractivity contribution < 1.29 is 4.79 Å². The van der Waals surface area contributed by atoms with Crippen LogP contribution in [0, 0.1) is 0 Å². The van der Waals surface area contributed by atoms with Gasteiger partial charge < -0.3 is 10.6 Å². The maximum absolute atomic E-state index is 12.1. The van der Waals surface area contributed by atoms with Crippen LogP contribution in [0.1, 0.15) is 21.6 Å². The second-order valence-electron chi connectivity index (χ2n) is 3.87. The molecule has 0 saturated heterocycles. The normalized spacial score (nSPS) is 13.8. The lowest BCUT2D eigenvalue weighted by Gasteiger charge is -2.13. The molecule has 1 aliphatic heterocycles. The lowest BCUT2D eigenvalue weighted by atomic mass is 10.3. The van der Waals surface area contributed by atoms with Crippen LogP contribution < -0.4 is 5.73 Å². The molecule has 86 valence electrons. The number of amides is 1. The molecule has 0 aromatic carbocycles. The van der Waals surface area contributed by atoms with Gasteiger partial charge in [-0.05, 0) is 11.4 Å². The first-order valence-electron chi connectivity index (χ1n) is 5.16. The van der Waals surface area contributed by atoms with Crippen molar-refractivity contribution in [1.29, 1.82) is 0 Å². The van der Waals surface area contributed by atoms with Gasteiger partial charge in [-0.25, -0.2) is 9.97 Å². The quantitative estimate of drug-likeness (QED) is 0.822. The summed E-state index contributed by atoms with van der Waals surface area (Å²) in [6.45, 7) is 1.07. The first-order valence-corrected chi connectivity index (χ1v) is 6.10. The summed E-state index contributed by atoms with van der Waals surface area (Å²) in [6.07, 6.45) is 1.69. The van der Waals surface area contributed by atoms with Crippen LogP contribution in [0.15, 0.2) is 23.0 Å². The van der Waals surface area contributed by atoms with Gasteiger partial charge in [-0.15, -0.1) is 0 Å². The van der Waals surface area contributed by atoms with Crippen molar-refractivity contribution in [3.8, 4) is 0 Å². The van der Waals surface area contributed by atoms with E-state index in [-0.39, 0.29) is 11.9 Å². The van der Waals surface area contributed by atoms with E-state index in [9.17, 15) is 4.79 Å². The van der Waals surface area contributed by atoms with Crippen LogP contribution in [0.4, 0.5) is 5.95 Å². The molecule has 0 bridgehead atoms. The molecule has 2 N–H and O–H groups in total. The fourth-order valence-electron chi connectivity index (χ4n) is 1.88. The molecule has 0 aliphatic carbocycles. The second-order valence-corrected chi connectivity index (χ2v) is 4.65. The van der Waals surface area contributed by atoms with Gasteiger partial charge >= 0.3 is 0 Å². The molecule has 5 nitrogen and oxygen atoms in total. The number of carbonyl (C=O) groups is 1. The maximum atomic E-state index is 12.1. The average molecular weight is 246 g/mol. The van der Waals surface area contributed by atoms with Crippen molar-refractivity contribution in [2.45, 2.75) is 13.1 Å². The molecule has 0 fully saturated rings. The van der Waals surface area contributed by atoms with Gasteiger partial charge in [-0.3, -0.25) is 4.79 Å². The molecular weight excluding hydrogens is 236 g/mol. The number of carbonyl (C=O) groups excluding carboxylic acids is 1. The fraction of sp³-hybridized carbons (Fsp3) is 0.182. The van der Waals surface area contributed by atoms with Crippen molar-refractivity contribution in [2.24, 2.45) is 0 Å². The zero-order chi connectivity index (χ0) is 11.8. The summed E-state index contributed by atoms with van der Waals surface area (Å²) in [5, 5.41) is 3.75. The van der Waals surface area contributed by atoms with Crippen LogP contribution in [0.5, 0.6) is 0 Å². The van der Waals surface area contributed by atoms with E-state index < -0.39 is 0 Å². The summed E-state index contributed by atoms with van der Waals surface area (Å²) in [4.78, 5) is 21.9. The van der Waals surface area contributed by atoms with Gasteiger partial charge in [0.25, 0.3) is 5.91 Å². The molecule has 0 spiro atoms. The van der Waals surface area contributed by atoms with Crippen molar-refractivity contribution in [3.63, 3.8) is 0 Å². The van der Waals surface area contributed by atoms with E-state index in [0.717, 1.165) is 16.8 Å². The first-order chi connectivity index (χ1) is 8.24. The lowest BCUT2D eigenvalue weighted by molar-refractivity contribution is 0.0751. The van der Waals surface area contributed by atoms with E-state index in [0.29, 0.717) is 13.1 Å². The molecule has 0 unspecified atom stereocenters. The number of fused-ring (bicyclic) bond motifs is 1. The highest BCUT2D eigenvalue weighted by Crippen LogP contribution is 2.23. The first kappa shape index (κ1) is 10.2. The summed E-state index contributed by atoms with van der Waals surface area (Å²) in [7, 11) is 0. The van der Waals surface area contributed by atoms with E-state index in [1.807, 2.05) is 16.8 Å². The highest BCUT2D eigenvalue weighted by molar-refractivity contribution is 7.08. The summed E-state index contributed by atoms with van der Waals surface area (Å²) in [5.74, 6) is 0.288. The summed E-state index contributed by atoms with van der Waals surface area (Å²) < 4.78 is 0. The fourth-order valence-corrected chi connectivity index (χ4v) is 2.51. The lowest BCUT2D eigenvalue weighted by Crippen LogP contribution is -2.24. The predicted molar refractivity (Wildman–Crippen MR) is 64.3 cm³/mol. The molecule has 1 amide bonds. The predicted octanol–water partition coefficient (Wildman–Crippen LogP) is 1.28. The third kappa shape index (κ3) is 1.76. The molecule has 3 rings (SSSR count). The van der Waals surface area contributed by atoms with Gasteiger partial charge in [0, 0.05) is 23.7 Å². The third-order valence-electron chi connectivity index (χ3n) is 2.73. The van der Waals surface area contributed by atoms with E-state index in [1.165, 1.54) is 11.3 Å². The Morgan fingerprint density at radius 3 is 3.12 bits per heavy atom. The molecule has 0 radical (unpaired) electrons. The van der Waals surface area contributed by atoms with E-state index >= 15 is 0 Å². The van der Waals surface area contributed by atoms with Gasteiger partial charge in [0.1, 0.15) is 0 Å². The Bertz CT molecular complexity index is 567. The van der Waals surface area contributed by atoms with E-state index in [2.05, 4.69) is 9.97 Å². The third-order valence-corrected chi connectivity index (χ3v) is 3.41. The SMILES string of the molecule is Nc1ncc2c(n1)CN(C(=O)c1ccsc1)C2. The van der Waals surface area contributed by atoms with Gasteiger partial charge in [-0.2, -0.15) is 11.3 Å². The van der Waals surface area contributed by atoms with Crippen molar-refractivity contribution >= 4 is 23.2 Å². The average Bonchev–Trinajstić information content (AvgIpc) is 2.96. The number of nitrogens with zero attached hydrogens (tertiary/aromatic N) is 3. The Balaban J connectivity index is 1.85. The number of nitrogen functional groups attached to an aromatic ring is 1. The number of hydrogen-bond donors (Lipinski definition) is 1. The second kappa shape index (κ2) is 3.81. The summed E-state index contributed by atoms with van der Waals surface area (Å²) in [5.41, 5.74) is 8.07. The zero-order valence-electron chi connectivity index (χ0n) is 8.96.